The molecule has 3 N–H and O–H groups in total. The van der Waals surface area contributed by atoms with Crippen molar-refractivity contribution < 1.29 is 9.47 Å². The summed E-state index contributed by atoms with van der Waals surface area (Å²) in [5.74, 6) is 6.67. The molecule has 0 amide bonds. The van der Waals surface area contributed by atoms with Crippen LogP contribution in [0.15, 0.2) is 16.6 Å². The molecule has 0 saturated carbocycles. The molecule has 1 unspecified atom stereocenters. The van der Waals surface area contributed by atoms with Gasteiger partial charge in [0, 0.05) is 16.9 Å². The standard InChI is InChI=1S/C15H23BrN2O2/c1-15(2,3)20-9-13(18-17)8-11-7-12(16)6-10-4-5-19-14(10)11/h6-7,13,18H,4-5,8-9,17H2,1-3H3. The number of fused-ring (bicyclic) bond motifs is 1. The maximum absolute atomic E-state index is 5.81. The van der Waals surface area contributed by atoms with Crippen LogP contribution >= 0.6 is 15.9 Å². The van der Waals surface area contributed by atoms with Gasteiger partial charge in [-0.25, -0.2) is 0 Å². The molecule has 0 saturated heterocycles. The molecule has 1 aromatic carbocycles. The van der Waals surface area contributed by atoms with Crippen LogP contribution in [0, 0.1) is 0 Å². The third-order valence-corrected chi connectivity index (χ3v) is 3.70. The maximum atomic E-state index is 5.81. The van der Waals surface area contributed by atoms with Gasteiger partial charge in [0.2, 0.25) is 0 Å². The molecular formula is C15H23BrN2O2. The number of benzene rings is 1. The van der Waals surface area contributed by atoms with Crippen LogP contribution in [0.3, 0.4) is 0 Å². The van der Waals surface area contributed by atoms with Crippen LogP contribution in [0.4, 0.5) is 0 Å². The topological polar surface area (TPSA) is 56.5 Å². The van der Waals surface area contributed by atoms with E-state index < -0.39 is 0 Å². The van der Waals surface area contributed by atoms with Crippen LogP contribution in [0.2, 0.25) is 0 Å². The monoisotopic (exact) mass is 342 g/mol. The number of hydrogen-bond acceptors (Lipinski definition) is 4. The van der Waals surface area contributed by atoms with E-state index in [0.29, 0.717) is 6.61 Å². The van der Waals surface area contributed by atoms with Gasteiger partial charge in [0.1, 0.15) is 5.75 Å². The molecule has 0 aliphatic carbocycles. The van der Waals surface area contributed by atoms with E-state index in [4.69, 9.17) is 15.3 Å². The minimum atomic E-state index is -0.162. The Hall–Kier alpha value is -0.620. The van der Waals surface area contributed by atoms with E-state index in [1.807, 2.05) is 20.8 Å². The predicted octanol–water partition coefficient (Wildman–Crippen LogP) is 2.57. The van der Waals surface area contributed by atoms with Gasteiger partial charge < -0.3 is 9.47 Å². The number of hydrazine groups is 1. The molecule has 2 rings (SSSR count). The Morgan fingerprint density at radius 3 is 2.85 bits per heavy atom. The van der Waals surface area contributed by atoms with Gasteiger partial charge in [-0.15, -0.1) is 0 Å². The van der Waals surface area contributed by atoms with Crippen LogP contribution < -0.4 is 16.0 Å². The Morgan fingerprint density at radius 1 is 1.45 bits per heavy atom. The summed E-state index contributed by atoms with van der Waals surface area (Å²) in [7, 11) is 0. The predicted molar refractivity (Wildman–Crippen MR) is 83.9 cm³/mol. The lowest BCUT2D eigenvalue weighted by molar-refractivity contribution is -0.0144. The number of nitrogens with one attached hydrogen (secondary N) is 1. The van der Waals surface area contributed by atoms with Crippen molar-refractivity contribution in [1.29, 1.82) is 0 Å². The van der Waals surface area contributed by atoms with Crippen molar-refractivity contribution >= 4 is 15.9 Å². The van der Waals surface area contributed by atoms with Gasteiger partial charge in [-0.05, 0) is 50.5 Å². The summed E-state index contributed by atoms with van der Waals surface area (Å²) in [6.07, 6.45) is 1.76. The van der Waals surface area contributed by atoms with E-state index in [9.17, 15) is 0 Å². The minimum absolute atomic E-state index is 0.0665. The number of ether oxygens (including phenoxy) is 2. The summed E-state index contributed by atoms with van der Waals surface area (Å²) in [4.78, 5) is 0. The fraction of sp³-hybridized carbons (Fsp3) is 0.600. The first-order valence-electron chi connectivity index (χ1n) is 6.93. The first kappa shape index (κ1) is 15.8. The van der Waals surface area contributed by atoms with E-state index >= 15 is 0 Å². The molecule has 1 heterocycles. The van der Waals surface area contributed by atoms with Crippen molar-refractivity contribution in [1.82, 2.24) is 5.43 Å². The summed E-state index contributed by atoms with van der Waals surface area (Å²) in [5, 5.41) is 0. The Morgan fingerprint density at radius 2 is 2.20 bits per heavy atom. The van der Waals surface area contributed by atoms with Crippen LogP contribution in [0.25, 0.3) is 0 Å². The van der Waals surface area contributed by atoms with Crippen molar-refractivity contribution in [2.45, 2.75) is 45.3 Å². The molecule has 4 nitrogen and oxygen atoms in total. The Balaban J connectivity index is 2.08. The molecule has 0 radical (unpaired) electrons. The summed E-state index contributed by atoms with van der Waals surface area (Å²) < 4.78 is 12.6. The zero-order valence-corrected chi connectivity index (χ0v) is 13.9. The van der Waals surface area contributed by atoms with E-state index in [1.165, 1.54) is 11.1 Å². The van der Waals surface area contributed by atoms with Gasteiger partial charge in [-0.2, -0.15) is 0 Å². The third kappa shape index (κ3) is 4.19. The van der Waals surface area contributed by atoms with Crippen LogP contribution in [-0.2, 0) is 17.6 Å². The minimum Gasteiger partial charge on any atom is -0.493 e. The first-order chi connectivity index (χ1) is 9.39. The van der Waals surface area contributed by atoms with Crippen molar-refractivity contribution in [2.75, 3.05) is 13.2 Å². The average molecular weight is 343 g/mol. The molecule has 1 atom stereocenters. The van der Waals surface area contributed by atoms with Gasteiger partial charge in [-0.3, -0.25) is 11.3 Å². The summed E-state index contributed by atoms with van der Waals surface area (Å²) in [5.41, 5.74) is 5.12. The fourth-order valence-electron chi connectivity index (χ4n) is 2.28. The molecule has 1 aromatic rings. The highest BCUT2D eigenvalue weighted by atomic mass is 79.9. The van der Waals surface area contributed by atoms with E-state index in [2.05, 4.69) is 33.5 Å². The number of rotatable bonds is 5. The van der Waals surface area contributed by atoms with Crippen LogP contribution in [0.1, 0.15) is 31.9 Å². The lowest BCUT2D eigenvalue weighted by atomic mass is 10.0. The maximum Gasteiger partial charge on any atom is 0.125 e. The molecule has 0 aromatic heterocycles. The van der Waals surface area contributed by atoms with Crippen molar-refractivity contribution in [3.8, 4) is 5.75 Å². The molecule has 0 fully saturated rings. The molecule has 5 heteroatoms. The molecule has 20 heavy (non-hydrogen) atoms. The van der Waals surface area contributed by atoms with E-state index in [-0.39, 0.29) is 11.6 Å². The lowest BCUT2D eigenvalue weighted by Crippen LogP contribution is -2.42. The third-order valence-electron chi connectivity index (χ3n) is 3.24. The van der Waals surface area contributed by atoms with E-state index in [1.54, 1.807) is 0 Å². The van der Waals surface area contributed by atoms with Gasteiger partial charge >= 0.3 is 0 Å². The smallest absolute Gasteiger partial charge is 0.125 e. The largest absolute Gasteiger partial charge is 0.493 e. The highest BCUT2D eigenvalue weighted by Gasteiger charge is 2.21. The summed E-state index contributed by atoms with van der Waals surface area (Å²) in [6, 6.07) is 4.30. The molecule has 1 aliphatic rings. The van der Waals surface area contributed by atoms with Gasteiger partial charge in [0.15, 0.2) is 0 Å². The average Bonchev–Trinajstić information content (AvgIpc) is 2.81. The van der Waals surface area contributed by atoms with Gasteiger partial charge in [0.05, 0.1) is 18.8 Å². The Kier molecular flexibility index (Phi) is 5.07. The van der Waals surface area contributed by atoms with Crippen molar-refractivity contribution in [3.63, 3.8) is 0 Å². The van der Waals surface area contributed by atoms with E-state index in [0.717, 1.165) is 29.7 Å². The number of hydrogen-bond donors (Lipinski definition) is 2. The van der Waals surface area contributed by atoms with Crippen molar-refractivity contribution in [3.05, 3.63) is 27.7 Å². The molecule has 0 bridgehead atoms. The van der Waals surface area contributed by atoms with Crippen molar-refractivity contribution in [2.24, 2.45) is 5.84 Å². The number of halogens is 1. The Bertz CT molecular complexity index is 472. The zero-order valence-electron chi connectivity index (χ0n) is 12.3. The van der Waals surface area contributed by atoms with Gasteiger partial charge in [0.25, 0.3) is 0 Å². The second-order valence-electron chi connectivity index (χ2n) is 6.14. The molecule has 112 valence electrons. The SMILES string of the molecule is CC(C)(C)OCC(Cc1cc(Br)cc2c1OCC2)NN. The molecule has 1 aliphatic heterocycles. The summed E-state index contributed by atoms with van der Waals surface area (Å²) in [6.45, 7) is 7.46. The van der Waals surface area contributed by atoms with Crippen LogP contribution in [-0.4, -0.2) is 24.9 Å². The highest BCUT2D eigenvalue weighted by Crippen LogP contribution is 2.33. The van der Waals surface area contributed by atoms with Crippen LogP contribution in [0.5, 0.6) is 5.75 Å². The normalized spacial score (nSPS) is 15.8. The lowest BCUT2D eigenvalue weighted by Gasteiger charge is -2.24. The molecule has 0 spiro atoms. The number of nitrogens with two attached hydrogens (primary N) is 1. The fourth-order valence-corrected chi connectivity index (χ4v) is 2.83. The zero-order chi connectivity index (χ0) is 14.8. The summed E-state index contributed by atoms with van der Waals surface area (Å²) >= 11 is 3.56. The second-order valence-corrected chi connectivity index (χ2v) is 7.06. The molecular weight excluding hydrogens is 320 g/mol. The first-order valence-corrected chi connectivity index (χ1v) is 7.72. The van der Waals surface area contributed by atoms with Gasteiger partial charge in [-0.1, -0.05) is 15.9 Å². The Labute approximate surface area is 129 Å². The quantitative estimate of drug-likeness (QED) is 0.637. The second kappa shape index (κ2) is 6.43. The highest BCUT2D eigenvalue weighted by molar-refractivity contribution is 9.10.